The highest BCUT2D eigenvalue weighted by Gasteiger charge is 2.28. The monoisotopic (exact) mass is 338 g/mol. The summed E-state index contributed by atoms with van der Waals surface area (Å²) in [7, 11) is 4.53. The molecule has 1 fully saturated rings. The van der Waals surface area contributed by atoms with Crippen molar-refractivity contribution in [2.75, 3.05) is 41.0 Å². The maximum atomic E-state index is 12.5. The third-order valence-electron chi connectivity index (χ3n) is 3.91. The number of piperazine rings is 1. The van der Waals surface area contributed by atoms with Crippen LogP contribution in [0.5, 0.6) is 17.2 Å². The SMILES string of the molecule is COc1cc(CC(=O)N2CCN[C@@H](C(=O)O)C2)cc(OC)c1OC. The standard InChI is InChI=1S/C16H22N2O6/c1-22-12-6-10(7-13(23-2)15(12)24-3)8-14(19)18-5-4-17-11(9-18)16(20)21/h6-7,11,17H,4-5,8-9H2,1-3H3,(H,20,21)/t11-/m1/s1. The van der Waals surface area contributed by atoms with Gasteiger partial charge in [-0.25, -0.2) is 0 Å². The Morgan fingerprint density at radius 3 is 2.33 bits per heavy atom. The van der Waals surface area contributed by atoms with Gasteiger partial charge in [-0.1, -0.05) is 0 Å². The third kappa shape index (κ3) is 3.88. The number of carboxylic acids is 1. The van der Waals surface area contributed by atoms with E-state index >= 15 is 0 Å². The van der Waals surface area contributed by atoms with E-state index in [1.165, 1.54) is 21.3 Å². The van der Waals surface area contributed by atoms with Crippen LogP contribution in [0.3, 0.4) is 0 Å². The normalized spacial score (nSPS) is 17.3. The molecule has 132 valence electrons. The van der Waals surface area contributed by atoms with Crippen molar-refractivity contribution in [2.45, 2.75) is 12.5 Å². The Morgan fingerprint density at radius 1 is 1.21 bits per heavy atom. The topological polar surface area (TPSA) is 97.3 Å². The first kappa shape index (κ1) is 17.9. The Morgan fingerprint density at radius 2 is 1.83 bits per heavy atom. The molecular weight excluding hydrogens is 316 g/mol. The number of hydrogen-bond acceptors (Lipinski definition) is 6. The van der Waals surface area contributed by atoms with Crippen LogP contribution in [0, 0.1) is 0 Å². The number of carbonyl (C=O) groups is 2. The van der Waals surface area contributed by atoms with Crippen LogP contribution in [-0.4, -0.2) is 68.9 Å². The van der Waals surface area contributed by atoms with E-state index < -0.39 is 12.0 Å². The van der Waals surface area contributed by atoms with Crippen LogP contribution in [-0.2, 0) is 16.0 Å². The van der Waals surface area contributed by atoms with Gasteiger partial charge in [-0.05, 0) is 17.7 Å². The molecule has 0 saturated carbocycles. The van der Waals surface area contributed by atoms with E-state index in [4.69, 9.17) is 19.3 Å². The van der Waals surface area contributed by atoms with Crippen molar-refractivity contribution in [3.8, 4) is 17.2 Å². The number of amides is 1. The number of hydrogen-bond donors (Lipinski definition) is 2. The lowest BCUT2D eigenvalue weighted by molar-refractivity contribution is -0.142. The van der Waals surface area contributed by atoms with Gasteiger partial charge in [0.1, 0.15) is 6.04 Å². The molecule has 1 aromatic carbocycles. The molecule has 0 radical (unpaired) electrons. The Kier molecular flexibility index (Phi) is 5.86. The Bertz CT molecular complexity index is 594. The quantitative estimate of drug-likeness (QED) is 0.761. The van der Waals surface area contributed by atoms with Gasteiger partial charge in [-0.2, -0.15) is 0 Å². The zero-order valence-corrected chi connectivity index (χ0v) is 14.0. The lowest BCUT2D eigenvalue weighted by Crippen LogP contribution is -2.56. The second-order valence-corrected chi connectivity index (χ2v) is 5.40. The van der Waals surface area contributed by atoms with Crippen molar-refractivity contribution in [3.05, 3.63) is 17.7 Å². The minimum atomic E-state index is -0.958. The summed E-state index contributed by atoms with van der Waals surface area (Å²) in [6.07, 6.45) is 0.128. The van der Waals surface area contributed by atoms with Crippen LogP contribution in [0.15, 0.2) is 12.1 Å². The zero-order chi connectivity index (χ0) is 17.7. The van der Waals surface area contributed by atoms with Gasteiger partial charge in [0.05, 0.1) is 27.8 Å². The number of nitrogens with zero attached hydrogens (tertiary/aromatic N) is 1. The lowest BCUT2D eigenvalue weighted by atomic mass is 10.1. The molecule has 8 heteroatoms. The largest absolute Gasteiger partial charge is 0.493 e. The molecule has 1 aromatic rings. The zero-order valence-electron chi connectivity index (χ0n) is 14.0. The molecule has 0 bridgehead atoms. The number of rotatable bonds is 6. The summed E-state index contributed by atoms with van der Waals surface area (Å²) in [5.74, 6) is 0.313. The minimum absolute atomic E-state index is 0.128. The van der Waals surface area contributed by atoms with Crippen LogP contribution < -0.4 is 19.5 Å². The van der Waals surface area contributed by atoms with E-state index in [1.54, 1.807) is 17.0 Å². The summed E-state index contributed by atoms with van der Waals surface area (Å²) < 4.78 is 15.8. The highest BCUT2D eigenvalue weighted by atomic mass is 16.5. The van der Waals surface area contributed by atoms with E-state index in [0.717, 1.165) is 0 Å². The van der Waals surface area contributed by atoms with Crippen molar-refractivity contribution in [3.63, 3.8) is 0 Å². The van der Waals surface area contributed by atoms with E-state index in [9.17, 15) is 9.59 Å². The molecule has 1 amide bonds. The van der Waals surface area contributed by atoms with Crippen molar-refractivity contribution in [1.29, 1.82) is 0 Å². The number of benzene rings is 1. The smallest absolute Gasteiger partial charge is 0.322 e. The molecule has 0 aliphatic carbocycles. The molecule has 0 aromatic heterocycles. The van der Waals surface area contributed by atoms with Gasteiger partial charge >= 0.3 is 5.97 Å². The predicted octanol–water partition coefficient (Wildman–Crippen LogP) is 0.140. The fraction of sp³-hybridized carbons (Fsp3) is 0.500. The predicted molar refractivity (Wildman–Crippen MR) is 85.8 cm³/mol. The van der Waals surface area contributed by atoms with E-state index in [-0.39, 0.29) is 18.9 Å². The summed E-state index contributed by atoms with van der Waals surface area (Å²) in [6.45, 7) is 1.09. The second kappa shape index (κ2) is 7.87. The Hall–Kier alpha value is -2.48. The van der Waals surface area contributed by atoms with Gasteiger partial charge in [0.2, 0.25) is 11.7 Å². The maximum Gasteiger partial charge on any atom is 0.322 e. The summed E-state index contributed by atoms with van der Waals surface area (Å²) in [5, 5.41) is 11.9. The molecule has 1 atom stereocenters. The fourth-order valence-corrected chi connectivity index (χ4v) is 2.67. The number of methoxy groups -OCH3 is 3. The molecule has 2 rings (SSSR count). The highest BCUT2D eigenvalue weighted by molar-refractivity contribution is 5.81. The van der Waals surface area contributed by atoms with Gasteiger partial charge < -0.3 is 29.5 Å². The second-order valence-electron chi connectivity index (χ2n) is 5.40. The third-order valence-corrected chi connectivity index (χ3v) is 3.91. The van der Waals surface area contributed by atoms with Crippen LogP contribution in [0.4, 0.5) is 0 Å². The maximum absolute atomic E-state index is 12.5. The molecule has 0 spiro atoms. The van der Waals surface area contributed by atoms with Gasteiger partial charge in [0, 0.05) is 19.6 Å². The first-order valence-corrected chi connectivity index (χ1v) is 7.53. The van der Waals surface area contributed by atoms with Crippen LogP contribution >= 0.6 is 0 Å². The number of aliphatic carboxylic acids is 1. The molecule has 24 heavy (non-hydrogen) atoms. The van der Waals surface area contributed by atoms with E-state index in [2.05, 4.69) is 5.32 Å². The van der Waals surface area contributed by atoms with Crippen LogP contribution in [0.25, 0.3) is 0 Å². The number of carboxylic acid groups (broad SMARTS) is 1. The molecule has 8 nitrogen and oxygen atoms in total. The van der Waals surface area contributed by atoms with Crippen LogP contribution in [0.1, 0.15) is 5.56 Å². The number of ether oxygens (including phenoxy) is 3. The Labute approximate surface area is 140 Å². The molecule has 0 unspecified atom stereocenters. The number of carbonyl (C=O) groups excluding carboxylic acids is 1. The van der Waals surface area contributed by atoms with E-state index in [0.29, 0.717) is 35.9 Å². The minimum Gasteiger partial charge on any atom is -0.493 e. The molecule has 1 aliphatic rings. The van der Waals surface area contributed by atoms with Crippen molar-refractivity contribution >= 4 is 11.9 Å². The van der Waals surface area contributed by atoms with Gasteiger partial charge in [-0.3, -0.25) is 9.59 Å². The highest BCUT2D eigenvalue weighted by Crippen LogP contribution is 2.38. The summed E-state index contributed by atoms with van der Waals surface area (Å²) in [5.41, 5.74) is 0.708. The fourth-order valence-electron chi connectivity index (χ4n) is 2.67. The van der Waals surface area contributed by atoms with Gasteiger partial charge in [0.25, 0.3) is 0 Å². The molecule has 2 N–H and O–H groups in total. The van der Waals surface area contributed by atoms with Crippen molar-refractivity contribution < 1.29 is 28.9 Å². The molecule has 1 aliphatic heterocycles. The average Bonchev–Trinajstić information content (AvgIpc) is 2.60. The summed E-state index contributed by atoms with van der Waals surface area (Å²) in [4.78, 5) is 25.1. The van der Waals surface area contributed by atoms with Gasteiger partial charge in [-0.15, -0.1) is 0 Å². The lowest BCUT2D eigenvalue weighted by Gasteiger charge is -2.31. The summed E-state index contributed by atoms with van der Waals surface area (Å²) in [6, 6.07) is 2.70. The van der Waals surface area contributed by atoms with Crippen molar-refractivity contribution in [2.24, 2.45) is 0 Å². The number of nitrogens with one attached hydrogen (secondary N) is 1. The first-order chi connectivity index (χ1) is 11.5. The van der Waals surface area contributed by atoms with Crippen LogP contribution in [0.2, 0.25) is 0 Å². The Balaban J connectivity index is 2.15. The van der Waals surface area contributed by atoms with Gasteiger partial charge in [0.15, 0.2) is 11.5 Å². The molecular formula is C16H22N2O6. The first-order valence-electron chi connectivity index (χ1n) is 7.53. The van der Waals surface area contributed by atoms with E-state index in [1.807, 2.05) is 0 Å². The van der Waals surface area contributed by atoms with Crippen molar-refractivity contribution in [1.82, 2.24) is 10.2 Å². The molecule has 1 heterocycles. The summed E-state index contributed by atoms with van der Waals surface area (Å²) >= 11 is 0. The average molecular weight is 338 g/mol. The molecule has 1 saturated heterocycles.